The molecule has 0 N–H and O–H groups in total. The van der Waals surface area contributed by atoms with E-state index in [-0.39, 0.29) is 0 Å². The molecule has 0 saturated heterocycles. The lowest BCUT2D eigenvalue weighted by atomic mass is 9.67. The summed E-state index contributed by atoms with van der Waals surface area (Å²) in [7, 11) is 0. The summed E-state index contributed by atoms with van der Waals surface area (Å²) in [6.07, 6.45) is 0. The van der Waals surface area contributed by atoms with Gasteiger partial charge in [-0.1, -0.05) is 152 Å². The van der Waals surface area contributed by atoms with Crippen LogP contribution >= 0.6 is 0 Å². The van der Waals surface area contributed by atoms with Crippen LogP contribution in [-0.2, 0) is 5.41 Å². The Kier molecular flexibility index (Phi) is 6.78. The van der Waals surface area contributed by atoms with Gasteiger partial charge in [-0.25, -0.2) is 15.0 Å². The molecule has 0 saturated carbocycles. The minimum atomic E-state index is -0.559. The van der Waals surface area contributed by atoms with Gasteiger partial charge in [-0.15, -0.1) is 0 Å². The predicted molar refractivity (Wildman–Crippen MR) is 228 cm³/mol. The maximum absolute atomic E-state index is 6.56. The summed E-state index contributed by atoms with van der Waals surface area (Å²) in [6, 6.07) is 65.7. The van der Waals surface area contributed by atoms with E-state index >= 15 is 0 Å². The van der Waals surface area contributed by atoms with Gasteiger partial charge in [0.05, 0.1) is 11.0 Å². The van der Waals surface area contributed by atoms with E-state index in [1.54, 1.807) is 0 Å². The number of hydrogen-bond acceptors (Lipinski definition) is 5. The number of fused-ring (bicyclic) bond motifs is 9. The van der Waals surface area contributed by atoms with Crippen LogP contribution in [0.3, 0.4) is 0 Å². The lowest BCUT2D eigenvalue weighted by Gasteiger charge is -2.33. The molecular weight excluding hydrogens is 699 g/mol. The fourth-order valence-corrected chi connectivity index (χ4v) is 9.21. The second-order valence-electron chi connectivity index (χ2n) is 14.7. The van der Waals surface area contributed by atoms with Gasteiger partial charge in [0.1, 0.15) is 22.3 Å². The van der Waals surface area contributed by atoms with Crippen LogP contribution in [0, 0.1) is 0 Å². The van der Waals surface area contributed by atoms with Crippen LogP contribution in [0.2, 0.25) is 0 Å². The van der Waals surface area contributed by atoms with Crippen LogP contribution in [0.15, 0.2) is 197 Å². The van der Waals surface area contributed by atoms with Crippen molar-refractivity contribution < 1.29 is 8.83 Å². The number of hydrogen-bond donors (Lipinski definition) is 0. The van der Waals surface area contributed by atoms with E-state index in [0.717, 1.165) is 71.7 Å². The first-order valence-electron chi connectivity index (χ1n) is 19.2. The molecule has 57 heavy (non-hydrogen) atoms. The van der Waals surface area contributed by atoms with Crippen LogP contribution in [-0.4, -0.2) is 15.0 Å². The molecule has 8 aromatic carbocycles. The highest BCUT2D eigenvalue weighted by Crippen LogP contribution is 2.58. The fourth-order valence-electron chi connectivity index (χ4n) is 9.21. The zero-order valence-corrected chi connectivity index (χ0v) is 30.6. The summed E-state index contributed by atoms with van der Waals surface area (Å²) < 4.78 is 12.8. The molecule has 3 heterocycles. The van der Waals surface area contributed by atoms with E-state index in [4.69, 9.17) is 23.8 Å². The first kappa shape index (κ1) is 31.7. The Labute approximate surface area is 327 Å². The Hall–Kier alpha value is -7.63. The highest BCUT2D eigenvalue weighted by Gasteiger charge is 2.47. The highest BCUT2D eigenvalue weighted by molar-refractivity contribution is 6.09. The lowest BCUT2D eigenvalue weighted by Crippen LogP contribution is -2.28. The number of rotatable bonds is 5. The third kappa shape index (κ3) is 4.60. The van der Waals surface area contributed by atoms with Crippen LogP contribution < -0.4 is 0 Å². The largest absolute Gasteiger partial charge is 0.456 e. The summed E-state index contributed by atoms with van der Waals surface area (Å²) >= 11 is 0. The van der Waals surface area contributed by atoms with Crippen molar-refractivity contribution in [1.82, 2.24) is 15.0 Å². The molecule has 0 radical (unpaired) electrons. The molecule has 0 atom stereocenters. The summed E-state index contributed by atoms with van der Waals surface area (Å²) in [4.78, 5) is 16.0. The number of nitrogens with zero attached hydrogens (tertiary/aromatic N) is 3. The first-order chi connectivity index (χ1) is 28.3. The summed E-state index contributed by atoms with van der Waals surface area (Å²) in [5.74, 6) is 1.69. The van der Waals surface area contributed by atoms with E-state index in [1.807, 2.05) is 54.6 Å². The Morgan fingerprint density at radius 3 is 1.65 bits per heavy atom. The molecule has 0 unspecified atom stereocenters. The van der Waals surface area contributed by atoms with Gasteiger partial charge in [0, 0.05) is 32.7 Å². The molecule has 0 aliphatic heterocycles. The molecule has 0 amide bonds. The Balaban J connectivity index is 1.16. The number of para-hydroxylation sites is 3. The molecule has 3 aromatic heterocycles. The van der Waals surface area contributed by atoms with Crippen molar-refractivity contribution in [2.45, 2.75) is 5.41 Å². The molecule has 12 rings (SSSR count). The summed E-state index contributed by atoms with van der Waals surface area (Å²) in [5, 5.41) is 4.13. The van der Waals surface area contributed by atoms with Crippen molar-refractivity contribution >= 4 is 43.9 Å². The minimum Gasteiger partial charge on any atom is -0.456 e. The van der Waals surface area contributed by atoms with E-state index in [2.05, 4.69) is 133 Å². The van der Waals surface area contributed by atoms with Crippen molar-refractivity contribution in [2.75, 3.05) is 0 Å². The second kappa shape index (κ2) is 12.2. The Morgan fingerprint density at radius 2 is 0.877 bits per heavy atom. The van der Waals surface area contributed by atoms with Crippen molar-refractivity contribution in [3.63, 3.8) is 0 Å². The molecule has 0 spiro atoms. The summed E-state index contributed by atoms with van der Waals surface area (Å²) in [6.45, 7) is 0. The van der Waals surface area contributed by atoms with Crippen molar-refractivity contribution in [3.05, 3.63) is 210 Å². The first-order valence-corrected chi connectivity index (χ1v) is 19.2. The number of benzene rings is 8. The van der Waals surface area contributed by atoms with Crippen molar-refractivity contribution in [3.8, 4) is 45.3 Å². The van der Waals surface area contributed by atoms with Crippen molar-refractivity contribution in [1.29, 1.82) is 0 Å². The van der Waals surface area contributed by atoms with E-state index in [0.29, 0.717) is 17.5 Å². The molecule has 5 nitrogen and oxygen atoms in total. The van der Waals surface area contributed by atoms with Gasteiger partial charge in [-0.05, 0) is 69.8 Å². The third-order valence-corrected chi connectivity index (χ3v) is 11.6. The standard InChI is InChI=1S/C52H31N3O2/c1-3-15-33(16-4-1)52(34-17-5-2-6-18-34)42-25-10-7-21-38(42)47-39(23-14-26-43(47)52)50-53-49(32-29-30-46-41(31-32)36-20-9-11-27-44(36)56-46)54-51(55-50)40-24-13-22-37-35-19-8-12-28-45(35)57-48(37)40/h1-31H. The van der Waals surface area contributed by atoms with Gasteiger partial charge in [0.2, 0.25) is 0 Å². The predicted octanol–water partition coefficient (Wildman–Crippen LogP) is 13.0. The average molecular weight is 730 g/mol. The average Bonchev–Trinajstić information content (AvgIpc) is 3.95. The maximum atomic E-state index is 6.56. The van der Waals surface area contributed by atoms with E-state index in [1.165, 1.54) is 22.3 Å². The molecule has 0 bridgehead atoms. The molecule has 0 fully saturated rings. The highest BCUT2D eigenvalue weighted by atomic mass is 16.3. The molecular formula is C52H31N3O2. The second-order valence-corrected chi connectivity index (χ2v) is 14.7. The van der Waals surface area contributed by atoms with Gasteiger partial charge in [-0.2, -0.15) is 0 Å². The van der Waals surface area contributed by atoms with Gasteiger partial charge < -0.3 is 8.83 Å². The topological polar surface area (TPSA) is 65.0 Å². The summed E-state index contributed by atoms with van der Waals surface area (Å²) in [5.41, 5.74) is 12.4. The Bertz CT molecular complexity index is 3320. The van der Waals surface area contributed by atoms with Gasteiger partial charge in [0.15, 0.2) is 17.5 Å². The monoisotopic (exact) mass is 729 g/mol. The lowest BCUT2D eigenvalue weighted by molar-refractivity contribution is 0.669. The third-order valence-electron chi connectivity index (χ3n) is 11.6. The number of aromatic nitrogens is 3. The van der Waals surface area contributed by atoms with Crippen LogP contribution in [0.4, 0.5) is 0 Å². The van der Waals surface area contributed by atoms with Gasteiger partial charge in [0.25, 0.3) is 0 Å². The minimum absolute atomic E-state index is 0.540. The SMILES string of the molecule is c1ccc(C2(c3ccccc3)c3ccccc3-c3c(-c4nc(-c5ccc6oc7ccccc7c6c5)nc(-c5cccc6c5oc5ccccc56)n4)cccc32)cc1. The van der Waals surface area contributed by atoms with Crippen molar-refractivity contribution in [2.24, 2.45) is 0 Å². The maximum Gasteiger partial charge on any atom is 0.167 e. The van der Waals surface area contributed by atoms with Gasteiger partial charge in [-0.3, -0.25) is 0 Å². The quantitative estimate of drug-likeness (QED) is 0.176. The zero-order chi connectivity index (χ0) is 37.5. The number of furan rings is 2. The molecule has 266 valence electrons. The smallest absolute Gasteiger partial charge is 0.167 e. The van der Waals surface area contributed by atoms with Crippen LogP contribution in [0.5, 0.6) is 0 Å². The Morgan fingerprint density at radius 1 is 0.351 bits per heavy atom. The fraction of sp³-hybridized carbons (Fsp3) is 0.0192. The molecule has 1 aliphatic carbocycles. The molecule has 1 aliphatic rings. The zero-order valence-electron chi connectivity index (χ0n) is 30.6. The van der Waals surface area contributed by atoms with Crippen LogP contribution in [0.25, 0.3) is 89.2 Å². The molecule has 5 heteroatoms. The van der Waals surface area contributed by atoms with Gasteiger partial charge >= 0.3 is 0 Å². The normalized spacial score (nSPS) is 13.1. The van der Waals surface area contributed by atoms with E-state index < -0.39 is 5.41 Å². The van der Waals surface area contributed by atoms with E-state index in [9.17, 15) is 0 Å². The molecule has 11 aromatic rings. The van der Waals surface area contributed by atoms with Crippen LogP contribution in [0.1, 0.15) is 22.3 Å².